The molecule has 148 valence electrons. The van der Waals surface area contributed by atoms with Gasteiger partial charge in [0.15, 0.2) is 0 Å². The molecule has 1 nitrogen and oxygen atoms in total. The predicted molar refractivity (Wildman–Crippen MR) is 108 cm³/mol. The summed E-state index contributed by atoms with van der Waals surface area (Å²) in [5.74, 6) is 3.89. The Morgan fingerprint density at radius 1 is 0.778 bits per heavy atom. The van der Waals surface area contributed by atoms with Gasteiger partial charge in [-0.05, 0) is 98.1 Å². The maximum Gasteiger partial charge on any atom is 0.132 e. The highest BCUT2D eigenvalue weighted by Crippen LogP contribution is 2.44. The standard InChI is InChI=1S/C25H35FO/c1-17-2-4-18(5-3-17)19-6-8-20(9-7-19)22-12-15-24(25(26)16-22)21-10-13-23(27)14-11-21/h12,15-21H,2-11,13-14H2,1H3. The molecular weight excluding hydrogens is 335 g/mol. The van der Waals surface area contributed by atoms with E-state index in [0.717, 1.165) is 36.2 Å². The number of halogens is 1. The number of rotatable bonds is 3. The molecule has 0 unspecified atom stereocenters. The monoisotopic (exact) mass is 370 g/mol. The summed E-state index contributed by atoms with van der Waals surface area (Å²) in [6.07, 6.45) is 13.7. The zero-order valence-corrected chi connectivity index (χ0v) is 16.9. The molecule has 0 heterocycles. The van der Waals surface area contributed by atoms with Gasteiger partial charge in [-0.2, -0.15) is 0 Å². The molecule has 0 atom stereocenters. The Balaban J connectivity index is 1.34. The second kappa shape index (κ2) is 8.45. The van der Waals surface area contributed by atoms with Crippen LogP contribution in [0.2, 0.25) is 0 Å². The fourth-order valence-electron chi connectivity index (χ4n) is 6.06. The molecule has 2 heteroatoms. The molecule has 0 bridgehead atoms. The Kier molecular flexibility index (Phi) is 5.99. The molecular formula is C25H35FO. The number of hydrogen-bond donors (Lipinski definition) is 0. The molecule has 1 aromatic carbocycles. The minimum atomic E-state index is -0.0322. The fourth-order valence-corrected chi connectivity index (χ4v) is 6.06. The van der Waals surface area contributed by atoms with Crippen molar-refractivity contribution in [2.45, 2.75) is 95.8 Å². The third-order valence-corrected chi connectivity index (χ3v) is 7.98. The molecule has 0 N–H and O–H groups in total. The molecule has 3 aliphatic rings. The summed E-state index contributed by atoms with van der Waals surface area (Å²) in [5.41, 5.74) is 2.05. The minimum Gasteiger partial charge on any atom is -0.300 e. The van der Waals surface area contributed by atoms with Crippen LogP contribution < -0.4 is 0 Å². The van der Waals surface area contributed by atoms with Crippen LogP contribution in [0.25, 0.3) is 0 Å². The molecule has 0 spiro atoms. The Labute approximate surface area is 164 Å². The highest BCUT2D eigenvalue weighted by molar-refractivity contribution is 5.79. The van der Waals surface area contributed by atoms with E-state index in [-0.39, 0.29) is 11.7 Å². The summed E-state index contributed by atoms with van der Waals surface area (Å²) in [6, 6.07) is 6.03. The van der Waals surface area contributed by atoms with E-state index in [9.17, 15) is 9.18 Å². The van der Waals surface area contributed by atoms with Crippen LogP contribution in [0.4, 0.5) is 4.39 Å². The van der Waals surface area contributed by atoms with Crippen LogP contribution in [0, 0.1) is 23.6 Å². The topological polar surface area (TPSA) is 17.1 Å². The van der Waals surface area contributed by atoms with Crippen LogP contribution in [0.5, 0.6) is 0 Å². The zero-order chi connectivity index (χ0) is 18.8. The van der Waals surface area contributed by atoms with Crippen LogP contribution in [-0.2, 0) is 4.79 Å². The van der Waals surface area contributed by atoms with Crippen molar-refractivity contribution in [1.82, 2.24) is 0 Å². The van der Waals surface area contributed by atoms with Gasteiger partial charge in [-0.1, -0.05) is 31.9 Å². The lowest BCUT2D eigenvalue weighted by molar-refractivity contribution is -0.120. The first kappa shape index (κ1) is 19.2. The van der Waals surface area contributed by atoms with Crippen molar-refractivity contribution in [2.75, 3.05) is 0 Å². The molecule has 0 saturated heterocycles. The number of Topliss-reactive ketones (excluding diaryl/α,β-unsaturated/α-hetero) is 1. The van der Waals surface area contributed by atoms with Crippen molar-refractivity contribution in [3.63, 3.8) is 0 Å². The largest absolute Gasteiger partial charge is 0.300 e. The van der Waals surface area contributed by atoms with Crippen LogP contribution in [0.3, 0.4) is 0 Å². The molecule has 27 heavy (non-hydrogen) atoms. The SMILES string of the molecule is CC1CCC(C2CCC(c3ccc(C4CCC(=O)CC4)c(F)c3)CC2)CC1. The van der Waals surface area contributed by atoms with E-state index in [1.54, 1.807) is 0 Å². The van der Waals surface area contributed by atoms with Gasteiger partial charge in [0.1, 0.15) is 11.6 Å². The highest BCUT2D eigenvalue weighted by Gasteiger charge is 2.31. The van der Waals surface area contributed by atoms with Crippen molar-refractivity contribution in [2.24, 2.45) is 17.8 Å². The molecule has 0 amide bonds. The predicted octanol–water partition coefficient (Wildman–Crippen LogP) is 7.15. The normalized spacial score (nSPS) is 33.2. The quantitative estimate of drug-likeness (QED) is 0.552. The third-order valence-electron chi connectivity index (χ3n) is 7.98. The molecule has 3 aliphatic carbocycles. The number of ketones is 1. The minimum absolute atomic E-state index is 0.0322. The maximum absolute atomic E-state index is 14.8. The lowest BCUT2D eigenvalue weighted by atomic mass is 9.68. The van der Waals surface area contributed by atoms with Gasteiger partial charge in [0, 0.05) is 12.8 Å². The molecule has 3 fully saturated rings. The number of carbonyl (C=O) groups excluding carboxylic acids is 1. The second-order valence-electron chi connectivity index (χ2n) is 9.73. The van der Waals surface area contributed by atoms with Gasteiger partial charge in [-0.3, -0.25) is 4.79 Å². The molecule has 0 aromatic heterocycles. The van der Waals surface area contributed by atoms with Gasteiger partial charge in [0.05, 0.1) is 0 Å². The first-order valence-corrected chi connectivity index (χ1v) is 11.4. The fraction of sp³-hybridized carbons (Fsp3) is 0.720. The van der Waals surface area contributed by atoms with E-state index in [1.807, 2.05) is 12.1 Å². The molecule has 4 rings (SSSR count). The average molecular weight is 371 g/mol. The van der Waals surface area contributed by atoms with Crippen molar-refractivity contribution < 1.29 is 9.18 Å². The first-order chi connectivity index (χ1) is 13.1. The third kappa shape index (κ3) is 4.46. The van der Waals surface area contributed by atoms with E-state index in [1.165, 1.54) is 56.9 Å². The van der Waals surface area contributed by atoms with E-state index >= 15 is 0 Å². The molecule has 3 saturated carbocycles. The van der Waals surface area contributed by atoms with Gasteiger partial charge in [0.25, 0.3) is 0 Å². The summed E-state index contributed by atoms with van der Waals surface area (Å²) < 4.78 is 14.8. The van der Waals surface area contributed by atoms with E-state index < -0.39 is 0 Å². The Morgan fingerprint density at radius 3 is 1.96 bits per heavy atom. The van der Waals surface area contributed by atoms with E-state index in [4.69, 9.17) is 0 Å². The van der Waals surface area contributed by atoms with Crippen molar-refractivity contribution >= 4 is 5.78 Å². The van der Waals surface area contributed by atoms with Crippen LogP contribution in [0.15, 0.2) is 18.2 Å². The summed E-state index contributed by atoms with van der Waals surface area (Å²) in [4.78, 5) is 11.4. The van der Waals surface area contributed by atoms with Crippen molar-refractivity contribution in [3.8, 4) is 0 Å². The zero-order valence-electron chi connectivity index (χ0n) is 16.9. The Bertz CT molecular complexity index is 640. The lowest BCUT2D eigenvalue weighted by Crippen LogP contribution is -2.24. The van der Waals surface area contributed by atoms with Crippen LogP contribution >= 0.6 is 0 Å². The molecule has 1 aromatic rings. The number of carbonyl (C=O) groups is 1. The number of hydrogen-bond acceptors (Lipinski definition) is 1. The van der Waals surface area contributed by atoms with E-state index in [0.29, 0.717) is 24.5 Å². The average Bonchev–Trinajstić information content (AvgIpc) is 2.69. The van der Waals surface area contributed by atoms with Gasteiger partial charge in [0.2, 0.25) is 0 Å². The Morgan fingerprint density at radius 2 is 1.37 bits per heavy atom. The summed E-state index contributed by atoms with van der Waals surface area (Å²) in [6.45, 7) is 2.40. The number of benzene rings is 1. The smallest absolute Gasteiger partial charge is 0.132 e. The van der Waals surface area contributed by atoms with Crippen molar-refractivity contribution in [3.05, 3.63) is 35.1 Å². The lowest BCUT2D eigenvalue weighted by Gasteiger charge is -2.37. The molecule has 0 radical (unpaired) electrons. The van der Waals surface area contributed by atoms with Crippen LogP contribution in [-0.4, -0.2) is 5.78 Å². The maximum atomic E-state index is 14.8. The molecule has 0 aliphatic heterocycles. The first-order valence-electron chi connectivity index (χ1n) is 11.4. The summed E-state index contributed by atoms with van der Waals surface area (Å²) in [5, 5.41) is 0. The van der Waals surface area contributed by atoms with Gasteiger partial charge >= 0.3 is 0 Å². The van der Waals surface area contributed by atoms with Crippen LogP contribution in [0.1, 0.15) is 107 Å². The highest BCUT2D eigenvalue weighted by atomic mass is 19.1. The second-order valence-corrected chi connectivity index (χ2v) is 9.73. The summed E-state index contributed by atoms with van der Waals surface area (Å²) in [7, 11) is 0. The van der Waals surface area contributed by atoms with Gasteiger partial charge in [-0.25, -0.2) is 4.39 Å². The summed E-state index contributed by atoms with van der Waals surface area (Å²) >= 11 is 0. The Hall–Kier alpha value is -1.18. The van der Waals surface area contributed by atoms with Gasteiger partial charge in [-0.15, -0.1) is 0 Å². The van der Waals surface area contributed by atoms with E-state index in [2.05, 4.69) is 13.0 Å². The van der Waals surface area contributed by atoms with Gasteiger partial charge < -0.3 is 0 Å². The van der Waals surface area contributed by atoms with Crippen molar-refractivity contribution in [1.29, 1.82) is 0 Å².